The van der Waals surface area contributed by atoms with Gasteiger partial charge in [-0.25, -0.2) is 0 Å². The van der Waals surface area contributed by atoms with Crippen molar-refractivity contribution >= 4 is 17.5 Å². The van der Waals surface area contributed by atoms with E-state index >= 15 is 0 Å². The van der Waals surface area contributed by atoms with E-state index in [0.29, 0.717) is 18.8 Å². The first kappa shape index (κ1) is 29.1. The van der Waals surface area contributed by atoms with E-state index in [2.05, 4.69) is 11.0 Å². The van der Waals surface area contributed by atoms with Crippen LogP contribution in [0.4, 0.5) is 0 Å². The zero-order valence-electron chi connectivity index (χ0n) is 24.0. The highest BCUT2D eigenvalue weighted by atomic mass is 16.5. The van der Waals surface area contributed by atoms with Crippen LogP contribution in [0.3, 0.4) is 0 Å². The van der Waals surface area contributed by atoms with E-state index in [1.165, 1.54) is 11.0 Å². The standard InChI is InChI=1S/C32H35N3O8/c1-34(2)26-21-14-18-13-20-19(17-5-3-4-16(12-17)15-35-8-10-43-11-9-35)6-7-22(36)24(20)27(37)23(18)29(39)32(21,42)30(40)25(28(26)38)31(33)41/h3-7,12,18,21,26,36,38-39,42H,8-11,13-15H2,1-2H3,(H2,33,41). The number of hydrogen-bond acceptors (Lipinski definition) is 10. The molecule has 0 saturated carbocycles. The fourth-order valence-corrected chi connectivity index (χ4v) is 7.38. The molecular formula is C32H35N3O8. The number of benzene rings is 2. The summed E-state index contributed by atoms with van der Waals surface area (Å²) in [5.41, 5.74) is 5.05. The SMILES string of the molecule is CN(C)C1C(O)=C(C(N)=O)C(=O)C2(O)C(O)=C3C(=O)c4c(O)ccc(-c5cccc(CN6CCOCC6)c5)c4CC3CC12. The minimum Gasteiger partial charge on any atom is -0.510 e. The number of nitrogens with zero attached hydrogens (tertiary/aromatic N) is 2. The van der Waals surface area contributed by atoms with E-state index in [-0.39, 0.29) is 29.7 Å². The monoisotopic (exact) mass is 589 g/mol. The number of amides is 1. The number of aliphatic hydroxyl groups is 3. The second-order valence-corrected chi connectivity index (χ2v) is 12.0. The highest BCUT2D eigenvalue weighted by molar-refractivity contribution is 6.24. The van der Waals surface area contributed by atoms with Crippen molar-refractivity contribution in [3.8, 4) is 16.9 Å². The van der Waals surface area contributed by atoms with Gasteiger partial charge in [0.1, 0.15) is 22.8 Å². The molecule has 2 aromatic carbocycles. The number of primary amides is 1. The van der Waals surface area contributed by atoms with Gasteiger partial charge in [0.15, 0.2) is 11.4 Å². The molecule has 6 rings (SSSR count). The lowest BCUT2D eigenvalue weighted by molar-refractivity contribution is -0.148. The van der Waals surface area contributed by atoms with Crippen molar-refractivity contribution in [3.63, 3.8) is 0 Å². The molecule has 226 valence electrons. The molecule has 4 unspecified atom stereocenters. The molecule has 43 heavy (non-hydrogen) atoms. The van der Waals surface area contributed by atoms with Crippen molar-refractivity contribution in [1.82, 2.24) is 9.80 Å². The number of fused-ring (bicyclic) bond motifs is 3. The first-order valence-corrected chi connectivity index (χ1v) is 14.3. The third kappa shape index (κ3) is 4.46. The second kappa shape index (κ2) is 10.6. The number of phenols is 1. The molecule has 1 heterocycles. The number of Topliss-reactive ketones (excluding diaryl/α,β-unsaturated/α-hetero) is 2. The zero-order valence-corrected chi connectivity index (χ0v) is 24.0. The Balaban J connectivity index is 1.45. The summed E-state index contributed by atoms with van der Waals surface area (Å²) in [4.78, 5) is 43.5. The van der Waals surface area contributed by atoms with Crippen LogP contribution in [-0.4, -0.2) is 99.7 Å². The third-order valence-corrected chi connectivity index (χ3v) is 9.35. The number of ketones is 2. The van der Waals surface area contributed by atoms with E-state index in [4.69, 9.17) is 10.5 Å². The largest absolute Gasteiger partial charge is 0.510 e. The number of hydrogen-bond donors (Lipinski definition) is 5. The number of nitrogens with two attached hydrogens (primary N) is 1. The second-order valence-electron chi connectivity index (χ2n) is 12.0. The summed E-state index contributed by atoms with van der Waals surface area (Å²) in [7, 11) is 3.21. The lowest BCUT2D eigenvalue weighted by Crippen LogP contribution is -2.63. The van der Waals surface area contributed by atoms with E-state index in [9.17, 15) is 34.8 Å². The summed E-state index contributed by atoms with van der Waals surface area (Å²) in [6.45, 7) is 3.78. The molecule has 6 N–H and O–H groups in total. The Kier molecular flexibility index (Phi) is 7.16. The Morgan fingerprint density at radius 1 is 1.12 bits per heavy atom. The maximum Gasteiger partial charge on any atom is 0.255 e. The van der Waals surface area contributed by atoms with Crippen molar-refractivity contribution in [2.45, 2.75) is 31.0 Å². The number of allylic oxidation sites excluding steroid dienone is 1. The summed E-state index contributed by atoms with van der Waals surface area (Å²) in [5.74, 6) is -6.65. The third-order valence-electron chi connectivity index (χ3n) is 9.35. The minimum absolute atomic E-state index is 0.00290. The molecule has 11 nitrogen and oxygen atoms in total. The molecule has 1 amide bonds. The number of aliphatic hydroxyl groups excluding tert-OH is 2. The Labute approximate surface area is 248 Å². The number of carbonyl (C=O) groups is 3. The molecule has 0 aromatic heterocycles. The molecule has 11 heteroatoms. The number of likely N-dealkylation sites (N-methyl/N-ethyl adjacent to an activating group) is 1. The average molecular weight is 590 g/mol. The predicted octanol–water partition coefficient (Wildman–Crippen LogP) is 1.62. The molecule has 1 aliphatic heterocycles. The zero-order chi connectivity index (χ0) is 30.8. The summed E-state index contributed by atoms with van der Waals surface area (Å²) in [5, 5.41) is 45.1. The van der Waals surface area contributed by atoms with Crippen LogP contribution < -0.4 is 5.73 Å². The lowest BCUT2D eigenvalue weighted by atomic mass is 9.58. The van der Waals surface area contributed by atoms with Gasteiger partial charge in [-0.1, -0.05) is 24.3 Å². The summed E-state index contributed by atoms with van der Waals surface area (Å²) >= 11 is 0. The Morgan fingerprint density at radius 2 is 1.84 bits per heavy atom. The van der Waals surface area contributed by atoms with Crippen LogP contribution in [0.2, 0.25) is 0 Å². The number of rotatable bonds is 5. The van der Waals surface area contributed by atoms with Crippen LogP contribution in [0.1, 0.15) is 27.9 Å². The van der Waals surface area contributed by atoms with E-state index in [1.54, 1.807) is 20.2 Å². The van der Waals surface area contributed by atoms with E-state index in [1.807, 2.05) is 18.2 Å². The minimum atomic E-state index is -2.66. The van der Waals surface area contributed by atoms with Crippen molar-refractivity contribution in [2.75, 3.05) is 40.4 Å². The van der Waals surface area contributed by atoms with Gasteiger partial charge in [0.2, 0.25) is 5.78 Å². The van der Waals surface area contributed by atoms with Gasteiger partial charge in [0.25, 0.3) is 5.91 Å². The maximum absolute atomic E-state index is 14.0. The maximum atomic E-state index is 14.0. The average Bonchev–Trinajstić information content (AvgIpc) is 2.95. The van der Waals surface area contributed by atoms with Crippen molar-refractivity contribution in [3.05, 3.63) is 75.8 Å². The highest BCUT2D eigenvalue weighted by Crippen LogP contribution is 2.53. The van der Waals surface area contributed by atoms with Crippen molar-refractivity contribution in [2.24, 2.45) is 17.6 Å². The topological polar surface area (TPSA) is 174 Å². The molecule has 1 saturated heterocycles. The van der Waals surface area contributed by atoms with Crippen LogP contribution in [-0.2, 0) is 27.3 Å². The first-order valence-electron chi connectivity index (χ1n) is 14.3. The molecule has 4 atom stereocenters. The first-order chi connectivity index (χ1) is 20.4. The van der Waals surface area contributed by atoms with Crippen LogP contribution in [0.15, 0.2) is 59.1 Å². The van der Waals surface area contributed by atoms with E-state index in [0.717, 1.165) is 36.3 Å². The van der Waals surface area contributed by atoms with Crippen molar-refractivity contribution in [1.29, 1.82) is 0 Å². The Hall–Kier alpha value is -4.03. The molecule has 0 radical (unpaired) electrons. The van der Waals surface area contributed by atoms with Crippen LogP contribution >= 0.6 is 0 Å². The van der Waals surface area contributed by atoms with Crippen LogP contribution in [0.5, 0.6) is 5.75 Å². The van der Waals surface area contributed by atoms with Gasteiger partial charge < -0.3 is 30.9 Å². The summed E-state index contributed by atoms with van der Waals surface area (Å²) < 4.78 is 5.46. The number of phenolic OH excluding ortho intramolecular Hbond substituents is 1. The predicted molar refractivity (Wildman–Crippen MR) is 155 cm³/mol. The number of aromatic hydroxyl groups is 1. The smallest absolute Gasteiger partial charge is 0.255 e. The summed E-state index contributed by atoms with van der Waals surface area (Å²) in [6.07, 6.45) is 0.268. The Bertz CT molecular complexity index is 1610. The van der Waals surface area contributed by atoms with Gasteiger partial charge in [0, 0.05) is 31.1 Å². The van der Waals surface area contributed by atoms with Crippen LogP contribution in [0.25, 0.3) is 11.1 Å². The fourth-order valence-electron chi connectivity index (χ4n) is 7.38. The normalized spacial score (nSPS) is 27.7. The van der Waals surface area contributed by atoms with E-state index < -0.39 is 58.0 Å². The van der Waals surface area contributed by atoms with Gasteiger partial charge in [-0.05, 0) is 67.2 Å². The number of morpholine rings is 1. The quantitative estimate of drug-likeness (QED) is 0.323. The summed E-state index contributed by atoms with van der Waals surface area (Å²) in [6, 6.07) is 10.2. The van der Waals surface area contributed by atoms with Gasteiger partial charge >= 0.3 is 0 Å². The molecule has 1 fully saturated rings. The van der Waals surface area contributed by atoms with Gasteiger partial charge in [-0.3, -0.25) is 24.2 Å². The molecule has 3 aliphatic carbocycles. The Morgan fingerprint density at radius 3 is 2.51 bits per heavy atom. The molecule has 2 aromatic rings. The van der Waals surface area contributed by atoms with Crippen molar-refractivity contribution < 1.29 is 39.5 Å². The van der Waals surface area contributed by atoms with Gasteiger partial charge in [0.05, 0.1) is 24.8 Å². The van der Waals surface area contributed by atoms with Gasteiger partial charge in [-0.2, -0.15) is 0 Å². The fraction of sp³-hybridized carbons (Fsp3) is 0.406. The van der Waals surface area contributed by atoms with Gasteiger partial charge in [-0.15, -0.1) is 0 Å². The lowest BCUT2D eigenvalue weighted by Gasteiger charge is -2.50. The van der Waals surface area contributed by atoms with Crippen LogP contribution in [0, 0.1) is 11.8 Å². The highest BCUT2D eigenvalue weighted by Gasteiger charge is 2.63. The molecule has 0 spiro atoms. The molecule has 4 aliphatic rings. The number of carbonyl (C=O) groups excluding carboxylic acids is 3. The molecular weight excluding hydrogens is 554 g/mol. The number of ether oxygens (including phenoxy) is 1. The molecule has 0 bridgehead atoms.